The second-order valence-corrected chi connectivity index (χ2v) is 5.66. The standard InChI is InChI=1S/C14H20N2O3/c1-14(2,3)19-13(18)16-8-4-5-11-12(16)7-6-10(9-17)15-11/h6-7,17H,4-5,8-9H2,1-3H3. The normalized spacial score (nSPS) is 15.1. The highest BCUT2D eigenvalue weighted by molar-refractivity contribution is 5.89. The van der Waals surface area contributed by atoms with Crippen molar-refractivity contribution in [3.05, 3.63) is 23.5 Å². The number of aliphatic hydroxyl groups excluding tert-OH is 1. The fraction of sp³-hybridized carbons (Fsp3) is 0.571. The molecule has 19 heavy (non-hydrogen) atoms. The highest BCUT2D eigenvalue weighted by atomic mass is 16.6. The molecule has 0 fully saturated rings. The maximum absolute atomic E-state index is 12.2. The molecule has 0 atom stereocenters. The number of carbonyl (C=O) groups excluding carboxylic acids is 1. The predicted octanol–water partition coefficient (Wildman–Crippen LogP) is 2.26. The molecule has 0 saturated carbocycles. The summed E-state index contributed by atoms with van der Waals surface area (Å²) in [5.74, 6) is 0. The average Bonchev–Trinajstić information content (AvgIpc) is 2.35. The van der Waals surface area contributed by atoms with Gasteiger partial charge in [0.2, 0.25) is 0 Å². The SMILES string of the molecule is CC(C)(C)OC(=O)N1CCCc2nc(CO)ccc21. The van der Waals surface area contributed by atoms with E-state index in [0.29, 0.717) is 12.2 Å². The van der Waals surface area contributed by atoms with Crippen LogP contribution in [0.4, 0.5) is 10.5 Å². The van der Waals surface area contributed by atoms with Crippen molar-refractivity contribution in [3.8, 4) is 0 Å². The first kappa shape index (κ1) is 13.8. The van der Waals surface area contributed by atoms with Crippen LogP contribution in [0.1, 0.15) is 38.6 Å². The lowest BCUT2D eigenvalue weighted by atomic mass is 10.1. The summed E-state index contributed by atoms with van der Waals surface area (Å²) >= 11 is 0. The zero-order chi connectivity index (χ0) is 14.0. The van der Waals surface area contributed by atoms with Crippen molar-refractivity contribution in [2.45, 2.75) is 45.8 Å². The first-order chi connectivity index (χ1) is 8.90. The zero-order valence-corrected chi connectivity index (χ0v) is 11.6. The highest BCUT2D eigenvalue weighted by Crippen LogP contribution is 2.27. The molecule has 1 aliphatic heterocycles. The van der Waals surface area contributed by atoms with E-state index in [0.717, 1.165) is 24.2 Å². The molecule has 0 saturated heterocycles. The molecule has 0 radical (unpaired) electrons. The number of fused-ring (bicyclic) bond motifs is 1. The number of ether oxygens (including phenoxy) is 1. The fourth-order valence-corrected chi connectivity index (χ4v) is 2.09. The molecule has 1 N–H and O–H groups in total. The molecule has 0 aromatic carbocycles. The van der Waals surface area contributed by atoms with Crippen LogP contribution in [0, 0.1) is 0 Å². The fourth-order valence-electron chi connectivity index (χ4n) is 2.09. The monoisotopic (exact) mass is 264 g/mol. The molecule has 1 amide bonds. The van der Waals surface area contributed by atoms with Crippen LogP contribution in [0.3, 0.4) is 0 Å². The summed E-state index contributed by atoms with van der Waals surface area (Å²) < 4.78 is 5.40. The number of anilines is 1. The third-order valence-corrected chi connectivity index (χ3v) is 2.87. The van der Waals surface area contributed by atoms with Gasteiger partial charge in [0.05, 0.1) is 23.7 Å². The van der Waals surface area contributed by atoms with Crippen molar-refractivity contribution in [2.24, 2.45) is 0 Å². The number of rotatable bonds is 1. The van der Waals surface area contributed by atoms with Gasteiger partial charge in [0.15, 0.2) is 0 Å². The van der Waals surface area contributed by atoms with Gasteiger partial charge in [-0.3, -0.25) is 9.88 Å². The van der Waals surface area contributed by atoms with Gasteiger partial charge in [-0.1, -0.05) is 0 Å². The first-order valence-corrected chi connectivity index (χ1v) is 6.51. The Kier molecular flexibility index (Phi) is 3.75. The average molecular weight is 264 g/mol. The molecule has 2 heterocycles. The molecule has 0 aliphatic carbocycles. The molecule has 104 valence electrons. The first-order valence-electron chi connectivity index (χ1n) is 6.51. The number of amides is 1. The summed E-state index contributed by atoms with van der Waals surface area (Å²) in [6, 6.07) is 3.57. The number of carbonyl (C=O) groups is 1. The van der Waals surface area contributed by atoms with Crippen LogP contribution in [0.5, 0.6) is 0 Å². The number of pyridine rings is 1. The van der Waals surface area contributed by atoms with Gasteiger partial charge < -0.3 is 9.84 Å². The number of hydrogen-bond donors (Lipinski definition) is 1. The topological polar surface area (TPSA) is 62.7 Å². The number of hydrogen-bond acceptors (Lipinski definition) is 4. The van der Waals surface area contributed by atoms with E-state index in [4.69, 9.17) is 9.84 Å². The van der Waals surface area contributed by atoms with Crippen LogP contribution >= 0.6 is 0 Å². The molecular formula is C14H20N2O3. The molecule has 1 aromatic heterocycles. The highest BCUT2D eigenvalue weighted by Gasteiger charge is 2.27. The van der Waals surface area contributed by atoms with Crippen LogP contribution in [0.2, 0.25) is 0 Å². The predicted molar refractivity (Wildman–Crippen MR) is 72.1 cm³/mol. The van der Waals surface area contributed by atoms with E-state index in [1.807, 2.05) is 26.8 Å². The van der Waals surface area contributed by atoms with Crippen LogP contribution in [-0.2, 0) is 17.8 Å². The largest absolute Gasteiger partial charge is 0.443 e. The van der Waals surface area contributed by atoms with Gasteiger partial charge in [0.1, 0.15) is 5.60 Å². The van der Waals surface area contributed by atoms with Crippen molar-refractivity contribution in [1.82, 2.24) is 4.98 Å². The van der Waals surface area contributed by atoms with Gasteiger partial charge in [-0.2, -0.15) is 0 Å². The van der Waals surface area contributed by atoms with E-state index < -0.39 is 5.60 Å². The maximum atomic E-state index is 12.2. The molecule has 0 bridgehead atoms. The van der Waals surface area contributed by atoms with Crippen LogP contribution in [-0.4, -0.2) is 28.3 Å². The Morgan fingerprint density at radius 3 is 2.84 bits per heavy atom. The molecule has 5 heteroatoms. The van der Waals surface area contributed by atoms with Gasteiger partial charge in [0, 0.05) is 6.54 Å². The number of aromatic nitrogens is 1. The molecule has 0 unspecified atom stereocenters. The van der Waals surface area contributed by atoms with Crippen molar-refractivity contribution in [3.63, 3.8) is 0 Å². The van der Waals surface area contributed by atoms with Crippen molar-refractivity contribution >= 4 is 11.8 Å². The van der Waals surface area contributed by atoms with Crippen molar-refractivity contribution < 1.29 is 14.6 Å². The Morgan fingerprint density at radius 1 is 1.47 bits per heavy atom. The Morgan fingerprint density at radius 2 is 2.21 bits per heavy atom. The summed E-state index contributed by atoms with van der Waals surface area (Å²) in [7, 11) is 0. The van der Waals surface area contributed by atoms with Crippen LogP contribution < -0.4 is 4.90 Å². The van der Waals surface area contributed by atoms with Crippen LogP contribution in [0.15, 0.2) is 12.1 Å². The van der Waals surface area contributed by atoms with Crippen LogP contribution in [0.25, 0.3) is 0 Å². The molecule has 2 rings (SSSR count). The van der Waals surface area contributed by atoms with Gasteiger partial charge >= 0.3 is 6.09 Å². The van der Waals surface area contributed by atoms with Gasteiger partial charge in [-0.15, -0.1) is 0 Å². The lowest BCUT2D eigenvalue weighted by molar-refractivity contribution is 0.0577. The lowest BCUT2D eigenvalue weighted by Crippen LogP contribution is -2.40. The molecular weight excluding hydrogens is 244 g/mol. The summed E-state index contributed by atoms with van der Waals surface area (Å²) in [5, 5.41) is 9.10. The van der Waals surface area contributed by atoms with E-state index >= 15 is 0 Å². The zero-order valence-electron chi connectivity index (χ0n) is 11.6. The Labute approximate surface area is 113 Å². The molecule has 1 aliphatic rings. The van der Waals surface area contributed by atoms with E-state index in [1.165, 1.54) is 0 Å². The minimum atomic E-state index is -0.507. The molecule has 5 nitrogen and oxygen atoms in total. The number of aryl methyl sites for hydroxylation is 1. The Bertz CT molecular complexity index is 480. The summed E-state index contributed by atoms with van der Waals surface area (Å²) in [6.45, 7) is 6.11. The minimum Gasteiger partial charge on any atom is -0.443 e. The van der Waals surface area contributed by atoms with E-state index in [2.05, 4.69) is 4.98 Å². The summed E-state index contributed by atoms with van der Waals surface area (Å²) in [5.41, 5.74) is 1.76. The number of aliphatic hydroxyl groups is 1. The maximum Gasteiger partial charge on any atom is 0.414 e. The summed E-state index contributed by atoms with van der Waals surface area (Å²) in [4.78, 5) is 18.1. The third-order valence-electron chi connectivity index (χ3n) is 2.87. The lowest BCUT2D eigenvalue weighted by Gasteiger charge is -2.31. The van der Waals surface area contributed by atoms with E-state index in [-0.39, 0.29) is 12.7 Å². The van der Waals surface area contributed by atoms with E-state index in [1.54, 1.807) is 11.0 Å². The van der Waals surface area contributed by atoms with Gasteiger partial charge in [-0.25, -0.2) is 4.79 Å². The Balaban J connectivity index is 2.25. The van der Waals surface area contributed by atoms with Crippen molar-refractivity contribution in [1.29, 1.82) is 0 Å². The minimum absolute atomic E-state index is 0.0836. The van der Waals surface area contributed by atoms with Gasteiger partial charge in [0.25, 0.3) is 0 Å². The van der Waals surface area contributed by atoms with Gasteiger partial charge in [-0.05, 0) is 45.7 Å². The number of nitrogens with zero attached hydrogens (tertiary/aromatic N) is 2. The Hall–Kier alpha value is -1.62. The summed E-state index contributed by atoms with van der Waals surface area (Å²) in [6.07, 6.45) is 1.34. The molecule has 0 spiro atoms. The van der Waals surface area contributed by atoms with E-state index in [9.17, 15) is 4.79 Å². The third kappa shape index (κ3) is 3.23. The second-order valence-electron chi connectivity index (χ2n) is 5.66. The second kappa shape index (κ2) is 5.17. The smallest absolute Gasteiger partial charge is 0.414 e. The quantitative estimate of drug-likeness (QED) is 0.845. The van der Waals surface area contributed by atoms with Crippen molar-refractivity contribution in [2.75, 3.05) is 11.4 Å². The molecule has 1 aromatic rings.